The van der Waals surface area contributed by atoms with E-state index in [4.69, 9.17) is 18.4 Å². The Morgan fingerprint density at radius 3 is 2.23 bits per heavy atom. The van der Waals surface area contributed by atoms with Crippen LogP contribution in [0.15, 0.2) is 66.7 Å². The molecule has 0 amide bonds. The molecule has 30 heavy (non-hydrogen) atoms. The summed E-state index contributed by atoms with van der Waals surface area (Å²) in [6.45, 7) is 0.379. The lowest BCUT2D eigenvalue weighted by Gasteiger charge is -2.10. The number of methoxy groups -OCH3 is 1. The number of benzene rings is 3. The van der Waals surface area contributed by atoms with E-state index in [1.165, 1.54) is 6.07 Å². The molecular formula is C23H21FO5S. The van der Waals surface area contributed by atoms with Crippen LogP contribution in [0.25, 0.3) is 0 Å². The van der Waals surface area contributed by atoms with Crippen LogP contribution in [-0.4, -0.2) is 19.7 Å². The molecule has 5 nitrogen and oxygen atoms in total. The van der Waals surface area contributed by atoms with Gasteiger partial charge in [-0.15, -0.1) is 0 Å². The number of halogens is 1. The molecule has 3 aromatic rings. The van der Waals surface area contributed by atoms with Crippen molar-refractivity contribution in [1.82, 2.24) is 0 Å². The van der Waals surface area contributed by atoms with Gasteiger partial charge in [0, 0.05) is 19.3 Å². The Morgan fingerprint density at radius 2 is 1.60 bits per heavy atom. The highest BCUT2D eigenvalue weighted by molar-refractivity contribution is 7.75. The molecule has 0 atom stereocenters. The van der Waals surface area contributed by atoms with Gasteiger partial charge in [0.15, 0.2) is 11.6 Å². The quantitative estimate of drug-likeness (QED) is 0.294. The molecule has 0 spiro atoms. The van der Waals surface area contributed by atoms with Crippen LogP contribution in [0.3, 0.4) is 0 Å². The molecule has 0 heterocycles. The normalized spacial score (nSPS) is 10.4. The zero-order chi connectivity index (χ0) is 21.3. The van der Waals surface area contributed by atoms with E-state index < -0.39 is 11.8 Å². The summed E-state index contributed by atoms with van der Waals surface area (Å²) in [5, 5.41) is 0. The van der Waals surface area contributed by atoms with Crippen LogP contribution in [0.1, 0.15) is 21.5 Å². The smallest absolute Gasteiger partial charge is 0.338 e. The largest absolute Gasteiger partial charge is 0.497 e. The monoisotopic (exact) mass is 428 g/mol. The lowest BCUT2D eigenvalue weighted by molar-refractivity contribution is 0.0509. The molecule has 0 aliphatic carbocycles. The summed E-state index contributed by atoms with van der Waals surface area (Å²) in [5.41, 5.74) is 2.01. The van der Waals surface area contributed by atoms with Gasteiger partial charge in [-0.3, -0.25) is 0 Å². The Bertz CT molecular complexity index is 974. The average molecular weight is 428 g/mol. The summed E-state index contributed by atoms with van der Waals surface area (Å²) in [5.74, 6) is 0.520. The van der Waals surface area contributed by atoms with Crippen LogP contribution in [0.2, 0.25) is 0 Å². The van der Waals surface area contributed by atoms with Crippen LogP contribution in [-0.2, 0) is 17.8 Å². The maximum absolute atomic E-state index is 14.3. The molecule has 3 aromatic carbocycles. The summed E-state index contributed by atoms with van der Waals surface area (Å²) in [7, 11) is 1.60. The van der Waals surface area contributed by atoms with Crippen molar-refractivity contribution in [3.05, 3.63) is 89.2 Å². The van der Waals surface area contributed by atoms with Gasteiger partial charge in [-0.2, -0.15) is 0 Å². The Hall–Kier alpha value is -3.19. The van der Waals surface area contributed by atoms with E-state index in [1.807, 2.05) is 24.3 Å². The first-order valence-electron chi connectivity index (χ1n) is 9.22. The predicted octanol–water partition coefficient (Wildman–Crippen LogP) is 5.04. The zero-order valence-electron chi connectivity index (χ0n) is 16.3. The molecule has 156 valence electrons. The number of hydrogen-bond donors (Lipinski definition) is 1. The van der Waals surface area contributed by atoms with Gasteiger partial charge in [0.1, 0.15) is 18.1 Å². The topological polar surface area (TPSA) is 54.0 Å². The number of esters is 1. The highest BCUT2D eigenvalue weighted by atomic mass is 32.1. The van der Waals surface area contributed by atoms with E-state index in [-0.39, 0.29) is 19.0 Å². The standard InChI is InChI=1S/C23H21FO5S/c1-26-19-7-2-17(3-8-19)15-28-22-11-4-16(14-21(22)24)12-13-27-23(25)18-5-9-20(29-30)10-6-18/h2-11,14,30H,12-13,15H2,1H3. The molecule has 0 aliphatic heterocycles. The fraction of sp³-hybridized carbons (Fsp3) is 0.174. The van der Waals surface area contributed by atoms with E-state index in [1.54, 1.807) is 43.5 Å². The van der Waals surface area contributed by atoms with Gasteiger partial charge in [0.05, 0.1) is 19.3 Å². The third kappa shape index (κ3) is 5.90. The van der Waals surface area contributed by atoms with Gasteiger partial charge < -0.3 is 18.4 Å². The van der Waals surface area contributed by atoms with Gasteiger partial charge in [-0.05, 0) is 59.7 Å². The molecule has 0 unspecified atom stereocenters. The van der Waals surface area contributed by atoms with Crippen LogP contribution in [0.4, 0.5) is 4.39 Å². The molecule has 0 radical (unpaired) electrons. The molecule has 0 aromatic heterocycles. The first-order chi connectivity index (χ1) is 14.6. The minimum atomic E-state index is -0.463. The number of thiol groups is 1. The molecule has 0 fully saturated rings. The molecule has 0 aliphatic rings. The van der Waals surface area contributed by atoms with Gasteiger partial charge in [0.2, 0.25) is 0 Å². The van der Waals surface area contributed by atoms with Crippen molar-refractivity contribution >= 4 is 18.9 Å². The minimum absolute atomic E-state index is 0.134. The molecule has 0 bridgehead atoms. The lowest BCUT2D eigenvalue weighted by atomic mass is 10.1. The summed E-state index contributed by atoms with van der Waals surface area (Å²) in [6, 6.07) is 18.5. The predicted molar refractivity (Wildman–Crippen MR) is 114 cm³/mol. The van der Waals surface area contributed by atoms with Crippen LogP contribution < -0.4 is 13.7 Å². The van der Waals surface area contributed by atoms with Crippen LogP contribution in [0, 0.1) is 5.82 Å². The minimum Gasteiger partial charge on any atom is -0.497 e. The Morgan fingerprint density at radius 1 is 0.933 bits per heavy atom. The second-order valence-corrected chi connectivity index (χ2v) is 6.59. The number of rotatable bonds is 9. The zero-order valence-corrected chi connectivity index (χ0v) is 17.2. The molecule has 3 rings (SSSR count). The fourth-order valence-electron chi connectivity index (χ4n) is 2.70. The molecule has 0 saturated carbocycles. The third-order valence-corrected chi connectivity index (χ3v) is 4.58. The van der Waals surface area contributed by atoms with Crippen molar-refractivity contribution in [1.29, 1.82) is 0 Å². The SMILES string of the molecule is COc1ccc(COc2ccc(CCOC(=O)c3ccc(OS)cc3)cc2F)cc1. The van der Waals surface area contributed by atoms with Crippen molar-refractivity contribution in [2.24, 2.45) is 0 Å². The first-order valence-corrected chi connectivity index (χ1v) is 9.58. The summed E-state index contributed by atoms with van der Waals surface area (Å²) >= 11 is 3.69. The van der Waals surface area contributed by atoms with Crippen molar-refractivity contribution < 1.29 is 27.6 Å². The maximum Gasteiger partial charge on any atom is 0.338 e. The molecular weight excluding hydrogens is 407 g/mol. The van der Waals surface area contributed by atoms with Crippen LogP contribution >= 0.6 is 12.9 Å². The second-order valence-electron chi connectivity index (χ2n) is 6.40. The Balaban J connectivity index is 1.48. The number of carbonyl (C=O) groups is 1. The van der Waals surface area contributed by atoms with Gasteiger partial charge in [-0.25, -0.2) is 9.18 Å². The van der Waals surface area contributed by atoms with E-state index >= 15 is 0 Å². The van der Waals surface area contributed by atoms with Gasteiger partial charge >= 0.3 is 5.97 Å². The van der Waals surface area contributed by atoms with E-state index in [0.29, 0.717) is 23.3 Å². The highest BCUT2D eigenvalue weighted by Crippen LogP contribution is 2.21. The van der Waals surface area contributed by atoms with E-state index in [0.717, 1.165) is 11.3 Å². The van der Waals surface area contributed by atoms with Crippen molar-refractivity contribution in [2.45, 2.75) is 13.0 Å². The maximum atomic E-state index is 14.3. The average Bonchev–Trinajstić information content (AvgIpc) is 2.79. The van der Waals surface area contributed by atoms with Crippen LogP contribution in [0.5, 0.6) is 17.2 Å². The fourth-order valence-corrected chi connectivity index (χ4v) is 2.82. The van der Waals surface area contributed by atoms with Crippen molar-refractivity contribution in [3.8, 4) is 17.2 Å². The Kier molecular flexibility index (Phi) is 7.57. The lowest BCUT2D eigenvalue weighted by Crippen LogP contribution is -2.08. The second kappa shape index (κ2) is 10.5. The summed E-state index contributed by atoms with van der Waals surface area (Å²) in [4.78, 5) is 12.0. The number of ether oxygens (including phenoxy) is 3. The Labute approximate surface area is 180 Å². The molecule has 0 saturated heterocycles. The number of carbonyl (C=O) groups excluding carboxylic acids is 1. The first kappa shape index (κ1) is 21.5. The van der Waals surface area contributed by atoms with Gasteiger partial charge in [0.25, 0.3) is 0 Å². The van der Waals surface area contributed by atoms with E-state index in [2.05, 4.69) is 12.9 Å². The highest BCUT2D eigenvalue weighted by Gasteiger charge is 2.09. The number of hydrogen-bond acceptors (Lipinski definition) is 6. The van der Waals surface area contributed by atoms with E-state index in [9.17, 15) is 9.18 Å². The summed E-state index contributed by atoms with van der Waals surface area (Å²) < 4.78 is 35.0. The molecule has 7 heteroatoms. The molecule has 0 N–H and O–H groups in total. The third-order valence-electron chi connectivity index (χ3n) is 4.37. The van der Waals surface area contributed by atoms with Crippen molar-refractivity contribution in [2.75, 3.05) is 13.7 Å². The summed E-state index contributed by atoms with van der Waals surface area (Å²) in [6.07, 6.45) is 0.388. The van der Waals surface area contributed by atoms with Gasteiger partial charge in [-0.1, -0.05) is 18.2 Å². The van der Waals surface area contributed by atoms with Crippen molar-refractivity contribution in [3.63, 3.8) is 0 Å².